The van der Waals surface area contributed by atoms with Crippen molar-refractivity contribution in [3.8, 4) is 0 Å². The van der Waals surface area contributed by atoms with Crippen LogP contribution in [0.3, 0.4) is 0 Å². The van der Waals surface area contributed by atoms with E-state index in [2.05, 4.69) is 10.6 Å². The van der Waals surface area contributed by atoms with Crippen LogP contribution in [0.4, 0.5) is 4.79 Å². The zero-order valence-electron chi connectivity index (χ0n) is 16.5. The highest BCUT2D eigenvalue weighted by atomic mass is 32.1. The number of aliphatic hydroxyl groups excluding tert-OH is 1. The molecule has 1 saturated carbocycles. The Hall–Kier alpha value is -1.60. The summed E-state index contributed by atoms with van der Waals surface area (Å²) >= 11 is 1.52. The molecule has 3 N–H and O–H groups in total. The maximum atomic E-state index is 12.5. The molecule has 1 aliphatic carbocycles. The van der Waals surface area contributed by atoms with Crippen molar-refractivity contribution in [3.63, 3.8) is 0 Å². The van der Waals surface area contributed by atoms with Crippen LogP contribution in [0.5, 0.6) is 0 Å². The summed E-state index contributed by atoms with van der Waals surface area (Å²) in [7, 11) is 0. The lowest BCUT2D eigenvalue weighted by Crippen LogP contribution is -2.44. The molecule has 7 heteroatoms. The van der Waals surface area contributed by atoms with Crippen molar-refractivity contribution in [2.45, 2.75) is 71.0 Å². The van der Waals surface area contributed by atoms with Crippen molar-refractivity contribution >= 4 is 23.3 Å². The van der Waals surface area contributed by atoms with Gasteiger partial charge in [-0.1, -0.05) is 19.3 Å². The van der Waals surface area contributed by atoms with Crippen LogP contribution in [0.25, 0.3) is 0 Å². The molecule has 1 aromatic rings. The molecule has 0 aromatic carbocycles. The zero-order valence-corrected chi connectivity index (χ0v) is 17.4. The first-order chi connectivity index (χ1) is 12.7. The van der Waals surface area contributed by atoms with Gasteiger partial charge in [0.25, 0.3) is 0 Å². The predicted molar refractivity (Wildman–Crippen MR) is 107 cm³/mol. The first-order valence-electron chi connectivity index (χ1n) is 9.63. The fourth-order valence-corrected chi connectivity index (χ4v) is 4.19. The molecule has 1 aliphatic rings. The lowest BCUT2D eigenvalue weighted by Gasteiger charge is -2.37. The van der Waals surface area contributed by atoms with E-state index in [1.54, 1.807) is 0 Å². The number of alkyl carbamates (subject to hydrolysis) is 1. The van der Waals surface area contributed by atoms with Crippen LogP contribution in [-0.2, 0) is 9.53 Å². The minimum absolute atomic E-state index is 0.0860. The van der Waals surface area contributed by atoms with Crippen molar-refractivity contribution in [2.24, 2.45) is 5.41 Å². The van der Waals surface area contributed by atoms with Crippen LogP contribution in [-0.4, -0.2) is 35.8 Å². The van der Waals surface area contributed by atoms with Gasteiger partial charge >= 0.3 is 6.09 Å². The van der Waals surface area contributed by atoms with E-state index in [0.717, 1.165) is 37.7 Å². The van der Waals surface area contributed by atoms with E-state index in [1.807, 2.05) is 37.6 Å². The van der Waals surface area contributed by atoms with Gasteiger partial charge in [-0.05, 0) is 61.4 Å². The molecule has 1 aromatic heterocycles. The Morgan fingerprint density at radius 2 is 1.96 bits per heavy atom. The average Bonchev–Trinajstić information content (AvgIpc) is 3.12. The number of rotatable bonds is 7. The van der Waals surface area contributed by atoms with Crippen molar-refractivity contribution in [1.82, 2.24) is 10.6 Å². The molecule has 1 heterocycles. The van der Waals surface area contributed by atoms with E-state index < -0.39 is 17.8 Å². The van der Waals surface area contributed by atoms with E-state index in [1.165, 1.54) is 11.3 Å². The fraction of sp³-hybridized carbons (Fsp3) is 0.700. The van der Waals surface area contributed by atoms with Crippen LogP contribution in [0, 0.1) is 5.41 Å². The molecule has 0 radical (unpaired) electrons. The Morgan fingerprint density at radius 1 is 1.26 bits per heavy atom. The largest absolute Gasteiger partial charge is 0.444 e. The quantitative estimate of drug-likeness (QED) is 0.655. The van der Waals surface area contributed by atoms with Gasteiger partial charge in [-0.25, -0.2) is 4.79 Å². The zero-order chi connectivity index (χ0) is 19.9. The second-order valence-corrected chi connectivity index (χ2v) is 9.25. The molecular formula is C20H32N2O4S. The van der Waals surface area contributed by atoms with Crippen molar-refractivity contribution in [3.05, 3.63) is 22.4 Å². The van der Waals surface area contributed by atoms with Gasteiger partial charge in [0.15, 0.2) is 0 Å². The number of aliphatic hydroxyl groups is 1. The summed E-state index contributed by atoms with van der Waals surface area (Å²) in [6.07, 6.45) is 4.29. The maximum Gasteiger partial charge on any atom is 0.407 e. The molecule has 0 unspecified atom stereocenters. The summed E-state index contributed by atoms with van der Waals surface area (Å²) in [5, 5.41) is 19.6. The first kappa shape index (κ1) is 21.7. The van der Waals surface area contributed by atoms with Gasteiger partial charge in [-0.15, -0.1) is 0 Å². The number of amides is 2. The molecular weight excluding hydrogens is 364 g/mol. The highest BCUT2D eigenvalue weighted by Crippen LogP contribution is 2.39. The number of hydrogen-bond donors (Lipinski definition) is 3. The second-order valence-electron chi connectivity index (χ2n) is 8.47. The highest BCUT2D eigenvalue weighted by Gasteiger charge is 2.35. The van der Waals surface area contributed by atoms with Crippen molar-refractivity contribution in [1.29, 1.82) is 0 Å². The Bertz CT molecular complexity index is 604. The summed E-state index contributed by atoms with van der Waals surface area (Å²) in [5.74, 6) is -0.0860. The van der Waals surface area contributed by atoms with Crippen LogP contribution >= 0.6 is 11.3 Å². The SMILES string of the molecule is CC(C)(C)OC(=O)NCC1(CC(=O)NC[C@@H](O)c2ccsc2)CCCCC1. The van der Waals surface area contributed by atoms with Gasteiger partial charge in [-0.3, -0.25) is 4.79 Å². The summed E-state index contributed by atoms with van der Waals surface area (Å²) in [6, 6.07) is 1.86. The van der Waals surface area contributed by atoms with Gasteiger partial charge in [0.05, 0.1) is 6.10 Å². The average molecular weight is 397 g/mol. The Labute approximate surface area is 165 Å². The van der Waals surface area contributed by atoms with Gasteiger partial charge < -0.3 is 20.5 Å². The van der Waals surface area contributed by atoms with Crippen LogP contribution < -0.4 is 10.6 Å². The minimum atomic E-state index is -0.692. The molecule has 2 amide bonds. The number of hydrogen-bond acceptors (Lipinski definition) is 5. The molecule has 0 saturated heterocycles. The molecule has 1 fully saturated rings. The fourth-order valence-electron chi connectivity index (χ4n) is 3.49. The summed E-state index contributed by atoms with van der Waals surface area (Å²) in [5.41, 5.74) is 0.0326. The first-order valence-corrected chi connectivity index (χ1v) is 10.6. The van der Waals surface area contributed by atoms with Gasteiger partial charge in [0, 0.05) is 19.5 Å². The van der Waals surface area contributed by atoms with E-state index in [0.29, 0.717) is 13.0 Å². The van der Waals surface area contributed by atoms with Crippen LogP contribution in [0.2, 0.25) is 0 Å². The minimum Gasteiger partial charge on any atom is -0.444 e. The predicted octanol–water partition coefficient (Wildman–Crippen LogP) is 3.76. The number of ether oxygens (including phenoxy) is 1. The van der Waals surface area contributed by atoms with Crippen LogP contribution in [0.15, 0.2) is 16.8 Å². The highest BCUT2D eigenvalue weighted by molar-refractivity contribution is 7.07. The van der Waals surface area contributed by atoms with Gasteiger partial charge in [0.2, 0.25) is 5.91 Å². The van der Waals surface area contributed by atoms with E-state index in [4.69, 9.17) is 4.74 Å². The molecule has 2 rings (SSSR count). The van der Waals surface area contributed by atoms with E-state index >= 15 is 0 Å². The summed E-state index contributed by atoms with van der Waals surface area (Å²) in [6.45, 7) is 6.12. The lowest BCUT2D eigenvalue weighted by atomic mass is 9.71. The molecule has 1 atom stereocenters. The molecule has 152 valence electrons. The molecule has 0 spiro atoms. The number of carbonyl (C=O) groups is 2. The Morgan fingerprint density at radius 3 is 2.56 bits per heavy atom. The number of thiophene rings is 1. The third-order valence-electron chi connectivity index (χ3n) is 4.88. The summed E-state index contributed by atoms with van der Waals surface area (Å²) < 4.78 is 5.32. The number of carbonyl (C=O) groups excluding carboxylic acids is 2. The molecule has 27 heavy (non-hydrogen) atoms. The maximum absolute atomic E-state index is 12.5. The molecule has 0 bridgehead atoms. The third kappa shape index (κ3) is 7.50. The molecule has 6 nitrogen and oxygen atoms in total. The third-order valence-corrected chi connectivity index (χ3v) is 5.58. The lowest BCUT2D eigenvalue weighted by molar-refractivity contribution is -0.124. The Kier molecular flexibility index (Phi) is 7.68. The normalized spacial score (nSPS) is 17.8. The standard InChI is InChI=1S/C20H32N2O4S/c1-19(2,3)26-18(25)22-14-20(8-5-4-6-9-20)11-17(24)21-12-16(23)15-7-10-27-13-15/h7,10,13,16,23H,4-6,8-9,11-12,14H2,1-3H3,(H,21,24)(H,22,25)/t16-/m1/s1. The van der Waals surface area contributed by atoms with Gasteiger partial charge in [0.1, 0.15) is 5.60 Å². The van der Waals surface area contributed by atoms with Crippen molar-refractivity contribution < 1.29 is 19.4 Å². The van der Waals surface area contributed by atoms with Crippen molar-refractivity contribution in [2.75, 3.05) is 13.1 Å². The molecule has 0 aliphatic heterocycles. The topological polar surface area (TPSA) is 87.7 Å². The van der Waals surface area contributed by atoms with Gasteiger partial charge in [-0.2, -0.15) is 11.3 Å². The second kappa shape index (κ2) is 9.55. The monoisotopic (exact) mass is 396 g/mol. The van der Waals surface area contributed by atoms with E-state index in [-0.39, 0.29) is 17.9 Å². The van der Waals surface area contributed by atoms with Crippen LogP contribution in [0.1, 0.15) is 71.0 Å². The smallest absolute Gasteiger partial charge is 0.407 e. The van der Waals surface area contributed by atoms with E-state index in [9.17, 15) is 14.7 Å². The number of nitrogens with one attached hydrogen (secondary N) is 2. The summed E-state index contributed by atoms with van der Waals surface area (Å²) in [4.78, 5) is 24.5. The Balaban J connectivity index is 1.86.